The van der Waals surface area contributed by atoms with E-state index in [1.807, 2.05) is 31.2 Å². The van der Waals surface area contributed by atoms with Crippen molar-refractivity contribution in [1.29, 1.82) is 0 Å². The van der Waals surface area contributed by atoms with Gasteiger partial charge in [0, 0.05) is 13.5 Å². The van der Waals surface area contributed by atoms with Crippen LogP contribution in [0.15, 0.2) is 29.4 Å². The van der Waals surface area contributed by atoms with Gasteiger partial charge in [0.15, 0.2) is 6.10 Å². The Morgan fingerprint density at radius 1 is 1.38 bits per heavy atom. The molecule has 1 aromatic rings. The van der Waals surface area contributed by atoms with E-state index in [0.29, 0.717) is 19.6 Å². The number of oxime groups is 1. The van der Waals surface area contributed by atoms with Gasteiger partial charge in [-0.2, -0.15) is 0 Å². The molecule has 0 saturated heterocycles. The Hall–Kier alpha value is -2.57. The molecule has 0 aromatic heterocycles. The molecule has 0 fully saturated rings. The van der Waals surface area contributed by atoms with Gasteiger partial charge in [-0.05, 0) is 19.4 Å². The molecule has 130 valence electrons. The Bertz CT molecular complexity index is 613. The van der Waals surface area contributed by atoms with Gasteiger partial charge in [-0.15, -0.1) is 0 Å². The maximum absolute atomic E-state index is 11.9. The number of benzene rings is 1. The van der Waals surface area contributed by atoms with Gasteiger partial charge in [0.1, 0.15) is 6.54 Å². The van der Waals surface area contributed by atoms with E-state index >= 15 is 0 Å². The Morgan fingerprint density at radius 2 is 2.08 bits per heavy atom. The van der Waals surface area contributed by atoms with Crippen molar-refractivity contribution in [1.82, 2.24) is 10.2 Å². The van der Waals surface area contributed by atoms with E-state index in [1.165, 1.54) is 10.5 Å². The highest BCUT2D eigenvalue weighted by molar-refractivity contribution is 6.01. The van der Waals surface area contributed by atoms with Crippen LogP contribution in [0.4, 0.5) is 4.79 Å². The van der Waals surface area contributed by atoms with Gasteiger partial charge in [0.2, 0.25) is 0 Å². The number of urea groups is 1. The maximum atomic E-state index is 11.9. The standard InChI is InChI=1S/C17H23N3O4/c1-4-23-16(21)10-18-17(22)20(3)11-14-9-15(19-24-14)13-7-5-12(2)6-8-13/h5-8,14H,4,9-11H2,1-3H3,(H,18,22). The smallest absolute Gasteiger partial charge is 0.325 e. The van der Waals surface area contributed by atoms with Crippen molar-refractivity contribution < 1.29 is 19.2 Å². The SMILES string of the molecule is CCOC(=O)CNC(=O)N(C)CC1CC(c2ccc(C)cc2)=NO1. The van der Waals surface area contributed by atoms with Crippen LogP contribution in [0.5, 0.6) is 0 Å². The van der Waals surface area contributed by atoms with Crippen LogP contribution in [-0.4, -0.2) is 55.5 Å². The van der Waals surface area contributed by atoms with E-state index in [1.54, 1.807) is 14.0 Å². The highest BCUT2D eigenvalue weighted by atomic mass is 16.6. The van der Waals surface area contributed by atoms with Crippen LogP contribution in [0.2, 0.25) is 0 Å². The molecule has 1 aromatic carbocycles. The number of hydrogen-bond acceptors (Lipinski definition) is 5. The van der Waals surface area contributed by atoms with E-state index in [0.717, 1.165) is 11.3 Å². The second-order valence-corrected chi connectivity index (χ2v) is 5.68. The fourth-order valence-corrected chi connectivity index (χ4v) is 2.33. The molecule has 1 aliphatic rings. The molecule has 0 saturated carbocycles. The number of ether oxygens (including phenoxy) is 1. The minimum atomic E-state index is -0.457. The summed E-state index contributed by atoms with van der Waals surface area (Å²) in [4.78, 5) is 30.1. The summed E-state index contributed by atoms with van der Waals surface area (Å²) in [6.07, 6.45) is 0.443. The molecule has 1 heterocycles. The molecule has 1 unspecified atom stereocenters. The summed E-state index contributed by atoms with van der Waals surface area (Å²) < 4.78 is 4.76. The number of nitrogens with one attached hydrogen (secondary N) is 1. The Kier molecular flexibility index (Phi) is 6.17. The van der Waals surface area contributed by atoms with Crippen molar-refractivity contribution in [2.45, 2.75) is 26.4 Å². The van der Waals surface area contributed by atoms with E-state index in [-0.39, 0.29) is 18.7 Å². The number of carbonyl (C=O) groups is 2. The second-order valence-electron chi connectivity index (χ2n) is 5.68. The number of rotatable bonds is 6. The van der Waals surface area contributed by atoms with Crippen molar-refractivity contribution in [3.8, 4) is 0 Å². The summed E-state index contributed by atoms with van der Waals surface area (Å²) in [7, 11) is 1.65. The summed E-state index contributed by atoms with van der Waals surface area (Å²) in [5, 5.41) is 6.62. The molecule has 1 aliphatic heterocycles. The molecule has 2 amide bonds. The molecule has 0 aliphatic carbocycles. The number of carbonyl (C=O) groups excluding carboxylic acids is 2. The third kappa shape index (κ3) is 4.97. The zero-order valence-electron chi connectivity index (χ0n) is 14.2. The first-order chi connectivity index (χ1) is 11.5. The lowest BCUT2D eigenvalue weighted by atomic mass is 10.0. The quantitative estimate of drug-likeness (QED) is 0.804. The summed E-state index contributed by atoms with van der Waals surface area (Å²) in [5.41, 5.74) is 3.09. The van der Waals surface area contributed by atoms with Crippen LogP contribution < -0.4 is 5.32 Å². The lowest BCUT2D eigenvalue weighted by molar-refractivity contribution is -0.141. The van der Waals surface area contributed by atoms with Crippen molar-refractivity contribution in [2.75, 3.05) is 26.7 Å². The van der Waals surface area contributed by atoms with Crippen LogP contribution in [0.25, 0.3) is 0 Å². The van der Waals surface area contributed by atoms with E-state index in [2.05, 4.69) is 10.5 Å². The predicted molar refractivity (Wildman–Crippen MR) is 89.9 cm³/mol. The summed E-state index contributed by atoms with van der Waals surface area (Å²) in [5.74, 6) is -0.457. The third-order valence-electron chi connectivity index (χ3n) is 3.63. The van der Waals surface area contributed by atoms with Crippen LogP contribution in [0, 0.1) is 6.92 Å². The van der Waals surface area contributed by atoms with Crippen LogP contribution in [0.1, 0.15) is 24.5 Å². The zero-order valence-corrected chi connectivity index (χ0v) is 14.2. The monoisotopic (exact) mass is 333 g/mol. The fourth-order valence-electron chi connectivity index (χ4n) is 2.33. The summed E-state index contributed by atoms with van der Waals surface area (Å²) in [6, 6.07) is 7.72. The number of nitrogens with zero attached hydrogens (tertiary/aromatic N) is 2. The second kappa shape index (κ2) is 8.33. The summed E-state index contributed by atoms with van der Waals surface area (Å²) in [6.45, 7) is 4.28. The van der Waals surface area contributed by atoms with Gasteiger partial charge < -0.3 is 19.8 Å². The highest BCUT2D eigenvalue weighted by Crippen LogP contribution is 2.17. The lowest BCUT2D eigenvalue weighted by Crippen LogP contribution is -2.43. The van der Waals surface area contributed by atoms with Gasteiger partial charge in [-0.3, -0.25) is 4.79 Å². The third-order valence-corrected chi connectivity index (χ3v) is 3.63. The molecule has 7 heteroatoms. The average molecular weight is 333 g/mol. The number of esters is 1. The highest BCUT2D eigenvalue weighted by Gasteiger charge is 2.25. The number of amides is 2. The van der Waals surface area contributed by atoms with E-state index < -0.39 is 5.97 Å². The lowest BCUT2D eigenvalue weighted by Gasteiger charge is -2.20. The number of likely N-dealkylation sites (N-methyl/N-ethyl adjacent to an activating group) is 1. The van der Waals surface area contributed by atoms with Crippen LogP contribution >= 0.6 is 0 Å². The number of aryl methyl sites for hydroxylation is 1. The molecule has 7 nitrogen and oxygen atoms in total. The molecule has 1 atom stereocenters. The molecular weight excluding hydrogens is 310 g/mol. The first kappa shape index (κ1) is 17.8. The fraction of sp³-hybridized carbons (Fsp3) is 0.471. The van der Waals surface area contributed by atoms with Gasteiger partial charge >= 0.3 is 12.0 Å². The van der Waals surface area contributed by atoms with Crippen LogP contribution in [0.3, 0.4) is 0 Å². The van der Waals surface area contributed by atoms with Crippen LogP contribution in [-0.2, 0) is 14.4 Å². The van der Waals surface area contributed by atoms with Gasteiger partial charge in [0.25, 0.3) is 0 Å². The van der Waals surface area contributed by atoms with Crippen molar-refractivity contribution in [3.05, 3.63) is 35.4 Å². The van der Waals surface area contributed by atoms with E-state index in [9.17, 15) is 9.59 Å². The molecule has 0 bridgehead atoms. The predicted octanol–water partition coefficient (Wildman–Crippen LogP) is 1.69. The van der Waals surface area contributed by atoms with Crippen molar-refractivity contribution in [2.24, 2.45) is 5.16 Å². The molecule has 1 N–H and O–H groups in total. The van der Waals surface area contributed by atoms with Crippen molar-refractivity contribution >= 4 is 17.7 Å². The Balaban J connectivity index is 1.77. The van der Waals surface area contributed by atoms with Crippen molar-refractivity contribution in [3.63, 3.8) is 0 Å². The minimum absolute atomic E-state index is 0.145. The first-order valence-electron chi connectivity index (χ1n) is 7.94. The zero-order chi connectivity index (χ0) is 17.5. The molecule has 24 heavy (non-hydrogen) atoms. The topological polar surface area (TPSA) is 80.2 Å². The van der Waals surface area contributed by atoms with Gasteiger partial charge in [0.05, 0.1) is 18.9 Å². The Morgan fingerprint density at radius 3 is 2.75 bits per heavy atom. The molecule has 0 radical (unpaired) electrons. The normalized spacial score (nSPS) is 16.1. The summed E-state index contributed by atoms with van der Waals surface area (Å²) >= 11 is 0. The minimum Gasteiger partial charge on any atom is -0.465 e. The van der Waals surface area contributed by atoms with Gasteiger partial charge in [-0.1, -0.05) is 35.0 Å². The van der Waals surface area contributed by atoms with E-state index in [4.69, 9.17) is 9.57 Å². The first-order valence-corrected chi connectivity index (χ1v) is 7.94. The molecule has 2 rings (SSSR count). The molecular formula is C17H23N3O4. The average Bonchev–Trinajstić information content (AvgIpc) is 3.02. The number of hydrogen-bond donors (Lipinski definition) is 1. The van der Waals surface area contributed by atoms with Gasteiger partial charge in [-0.25, -0.2) is 4.79 Å². The largest absolute Gasteiger partial charge is 0.465 e. The Labute approximate surface area is 141 Å². The maximum Gasteiger partial charge on any atom is 0.325 e. The molecule has 0 spiro atoms.